The zero-order valence-corrected chi connectivity index (χ0v) is 13.2. The molecular formula is C14H18ClNO4S. The average molecular weight is 332 g/mol. The molecule has 0 radical (unpaired) electrons. The number of nitrogens with one attached hydrogen (secondary N) is 1. The molecular weight excluding hydrogens is 314 g/mol. The predicted octanol–water partition coefficient (Wildman–Crippen LogP) is 2.65. The molecule has 1 aromatic carbocycles. The van der Waals surface area contributed by atoms with Gasteiger partial charge >= 0.3 is 5.97 Å². The molecule has 2 rings (SSSR count). The first-order chi connectivity index (χ1) is 9.77. The molecule has 2 N–H and O–H groups in total. The number of benzene rings is 1. The standard InChI is InChI=1S/C14H18ClNO4S/c1-14(13(17)18)9-5-4-8-12(14)16-21(19,20)11-7-3-2-6-10(11)15/h2-3,6-7,12,16H,4-5,8-9H2,1H3,(H,17,18). The zero-order valence-electron chi connectivity index (χ0n) is 11.7. The van der Waals surface area contributed by atoms with Crippen LogP contribution in [0, 0.1) is 5.41 Å². The molecule has 1 aliphatic carbocycles. The molecule has 0 amide bonds. The van der Waals surface area contributed by atoms with Crippen LogP contribution in [0.4, 0.5) is 0 Å². The van der Waals surface area contributed by atoms with Crippen molar-refractivity contribution < 1.29 is 18.3 Å². The molecule has 2 atom stereocenters. The minimum atomic E-state index is -3.84. The number of carboxylic acid groups (broad SMARTS) is 1. The number of sulfonamides is 1. The summed E-state index contributed by atoms with van der Waals surface area (Å²) in [4.78, 5) is 11.5. The predicted molar refractivity (Wildman–Crippen MR) is 79.8 cm³/mol. The second-order valence-corrected chi connectivity index (χ2v) is 7.66. The third-order valence-corrected chi connectivity index (χ3v) is 6.09. The lowest BCUT2D eigenvalue weighted by atomic mass is 9.72. The van der Waals surface area contributed by atoms with Crippen LogP contribution in [-0.4, -0.2) is 25.5 Å². The number of carboxylic acids is 1. The van der Waals surface area contributed by atoms with Gasteiger partial charge in [-0.1, -0.05) is 36.6 Å². The Kier molecular flexibility index (Phi) is 4.60. The molecule has 5 nitrogen and oxygen atoms in total. The van der Waals surface area contributed by atoms with Gasteiger partial charge in [-0.3, -0.25) is 4.79 Å². The highest BCUT2D eigenvalue weighted by Crippen LogP contribution is 2.37. The van der Waals surface area contributed by atoms with Gasteiger partial charge in [-0.15, -0.1) is 0 Å². The molecule has 0 saturated heterocycles. The van der Waals surface area contributed by atoms with Crippen LogP contribution in [0.5, 0.6) is 0 Å². The minimum Gasteiger partial charge on any atom is -0.481 e. The van der Waals surface area contributed by atoms with Gasteiger partial charge in [0.2, 0.25) is 10.0 Å². The van der Waals surface area contributed by atoms with E-state index in [9.17, 15) is 18.3 Å². The van der Waals surface area contributed by atoms with Gasteiger partial charge in [0.25, 0.3) is 0 Å². The van der Waals surface area contributed by atoms with E-state index in [2.05, 4.69) is 4.72 Å². The molecule has 1 fully saturated rings. The van der Waals surface area contributed by atoms with Gasteiger partial charge in [-0.25, -0.2) is 13.1 Å². The Morgan fingerprint density at radius 2 is 2.05 bits per heavy atom. The van der Waals surface area contributed by atoms with E-state index in [1.807, 2.05) is 0 Å². The fourth-order valence-corrected chi connectivity index (χ4v) is 4.59. The summed E-state index contributed by atoms with van der Waals surface area (Å²) >= 11 is 5.92. The maximum atomic E-state index is 12.4. The van der Waals surface area contributed by atoms with Crippen molar-refractivity contribution >= 4 is 27.6 Å². The van der Waals surface area contributed by atoms with Crippen LogP contribution in [-0.2, 0) is 14.8 Å². The first kappa shape index (κ1) is 16.3. The molecule has 1 aliphatic rings. The van der Waals surface area contributed by atoms with Gasteiger partial charge in [0, 0.05) is 6.04 Å². The van der Waals surface area contributed by atoms with Crippen molar-refractivity contribution in [3.05, 3.63) is 29.3 Å². The monoisotopic (exact) mass is 331 g/mol. The third kappa shape index (κ3) is 3.22. The van der Waals surface area contributed by atoms with E-state index < -0.39 is 27.4 Å². The molecule has 1 aromatic rings. The van der Waals surface area contributed by atoms with E-state index in [4.69, 9.17) is 11.6 Å². The lowest BCUT2D eigenvalue weighted by molar-refractivity contribution is -0.151. The molecule has 0 heterocycles. The first-order valence-electron chi connectivity index (χ1n) is 6.77. The van der Waals surface area contributed by atoms with Crippen LogP contribution in [0.25, 0.3) is 0 Å². The van der Waals surface area contributed by atoms with E-state index in [1.165, 1.54) is 12.1 Å². The van der Waals surface area contributed by atoms with E-state index in [0.717, 1.165) is 12.8 Å². The van der Waals surface area contributed by atoms with Crippen molar-refractivity contribution in [3.8, 4) is 0 Å². The van der Waals surface area contributed by atoms with Crippen LogP contribution >= 0.6 is 11.6 Å². The first-order valence-corrected chi connectivity index (χ1v) is 8.64. The number of rotatable bonds is 4. The molecule has 0 bridgehead atoms. The topological polar surface area (TPSA) is 83.5 Å². The summed E-state index contributed by atoms with van der Waals surface area (Å²) in [5.41, 5.74) is -1.09. The van der Waals surface area contributed by atoms with Gasteiger partial charge in [0.1, 0.15) is 4.90 Å². The number of halogens is 1. The van der Waals surface area contributed by atoms with Gasteiger partial charge in [0.05, 0.1) is 10.4 Å². The second kappa shape index (κ2) is 5.94. The van der Waals surface area contributed by atoms with Crippen molar-refractivity contribution in [2.24, 2.45) is 5.41 Å². The van der Waals surface area contributed by atoms with Crippen molar-refractivity contribution in [2.45, 2.75) is 43.5 Å². The summed E-state index contributed by atoms with van der Waals surface area (Å²) in [6.45, 7) is 1.59. The van der Waals surface area contributed by atoms with Crippen molar-refractivity contribution in [2.75, 3.05) is 0 Å². The van der Waals surface area contributed by atoms with Gasteiger partial charge in [-0.2, -0.15) is 0 Å². The molecule has 7 heteroatoms. The summed E-state index contributed by atoms with van der Waals surface area (Å²) < 4.78 is 27.4. The minimum absolute atomic E-state index is 0.0232. The van der Waals surface area contributed by atoms with Crippen LogP contribution in [0.15, 0.2) is 29.2 Å². The Morgan fingerprint density at radius 3 is 2.67 bits per heavy atom. The summed E-state index contributed by atoms with van der Waals surface area (Å²) in [6.07, 6.45) is 2.55. The molecule has 0 aliphatic heterocycles. The lowest BCUT2D eigenvalue weighted by Gasteiger charge is -2.38. The summed E-state index contributed by atoms with van der Waals surface area (Å²) in [7, 11) is -3.84. The maximum absolute atomic E-state index is 12.4. The molecule has 1 saturated carbocycles. The third-order valence-electron chi connectivity index (χ3n) is 4.12. The van der Waals surface area contributed by atoms with Crippen molar-refractivity contribution in [1.82, 2.24) is 4.72 Å². The van der Waals surface area contributed by atoms with Crippen LogP contribution in [0.2, 0.25) is 5.02 Å². The summed E-state index contributed by atoms with van der Waals surface area (Å²) in [5.74, 6) is -0.978. The quantitative estimate of drug-likeness (QED) is 0.888. The fourth-order valence-electron chi connectivity index (χ4n) is 2.69. The van der Waals surface area contributed by atoms with Crippen molar-refractivity contribution in [3.63, 3.8) is 0 Å². The molecule has 0 spiro atoms. The number of hydrogen-bond acceptors (Lipinski definition) is 3. The van der Waals surface area contributed by atoms with E-state index >= 15 is 0 Å². The van der Waals surface area contributed by atoms with E-state index in [0.29, 0.717) is 12.8 Å². The highest BCUT2D eigenvalue weighted by Gasteiger charge is 2.45. The average Bonchev–Trinajstić information content (AvgIpc) is 2.41. The lowest BCUT2D eigenvalue weighted by Crippen LogP contribution is -2.52. The number of aliphatic carboxylic acids is 1. The Balaban J connectivity index is 2.31. The number of carbonyl (C=O) groups is 1. The van der Waals surface area contributed by atoms with Gasteiger partial charge in [-0.05, 0) is 31.9 Å². The Hall–Kier alpha value is -1.11. The second-order valence-electron chi connectivity index (χ2n) is 5.57. The Bertz CT molecular complexity index is 646. The number of hydrogen-bond donors (Lipinski definition) is 2. The maximum Gasteiger partial charge on any atom is 0.310 e. The molecule has 21 heavy (non-hydrogen) atoms. The molecule has 116 valence electrons. The summed E-state index contributed by atoms with van der Waals surface area (Å²) in [5, 5.41) is 9.55. The summed E-state index contributed by atoms with van der Waals surface area (Å²) in [6, 6.07) is 5.49. The fraction of sp³-hybridized carbons (Fsp3) is 0.500. The highest BCUT2D eigenvalue weighted by molar-refractivity contribution is 7.89. The smallest absolute Gasteiger partial charge is 0.310 e. The Labute approximate surface area is 129 Å². The normalized spacial score (nSPS) is 26.5. The van der Waals surface area contributed by atoms with Gasteiger partial charge < -0.3 is 5.11 Å². The van der Waals surface area contributed by atoms with E-state index in [1.54, 1.807) is 19.1 Å². The van der Waals surface area contributed by atoms with Gasteiger partial charge in [0.15, 0.2) is 0 Å². The van der Waals surface area contributed by atoms with Crippen LogP contribution in [0.3, 0.4) is 0 Å². The molecule has 0 aromatic heterocycles. The zero-order chi connectivity index (χ0) is 15.7. The van der Waals surface area contributed by atoms with E-state index in [-0.39, 0.29) is 9.92 Å². The Morgan fingerprint density at radius 1 is 1.38 bits per heavy atom. The van der Waals surface area contributed by atoms with Crippen LogP contribution in [0.1, 0.15) is 32.6 Å². The largest absolute Gasteiger partial charge is 0.481 e. The highest BCUT2D eigenvalue weighted by atomic mass is 35.5. The van der Waals surface area contributed by atoms with Crippen LogP contribution < -0.4 is 4.72 Å². The molecule has 2 unspecified atom stereocenters. The SMILES string of the molecule is CC1(C(=O)O)CCCCC1NS(=O)(=O)c1ccccc1Cl. The van der Waals surface area contributed by atoms with Crippen molar-refractivity contribution in [1.29, 1.82) is 0 Å².